The second kappa shape index (κ2) is 4.55. The zero-order valence-corrected chi connectivity index (χ0v) is 9.70. The van der Waals surface area contributed by atoms with Crippen molar-refractivity contribution in [3.05, 3.63) is 11.3 Å². The SMILES string of the molecule is CCCC1(C(=O)OC)OC(=O)C(O)=C1CC. The van der Waals surface area contributed by atoms with Crippen molar-refractivity contribution in [2.75, 3.05) is 7.11 Å². The number of aliphatic hydroxyl groups is 1. The summed E-state index contributed by atoms with van der Waals surface area (Å²) in [5, 5.41) is 9.56. The van der Waals surface area contributed by atoms with Gasteiger partial charge in [0, 0.05) is 12.0 Å². The van der Waals surface area contributed by atoms with E-state index in [1.54, 1.807) is 6.92 Å². The third-order valence-electron chi connectivity index (χ3n) is 2.70. The topological polar surface area (TPSA) is 72.8 Å². The maximum absolute atomic E-state index is 11.7. The van der Waals surface area contributed by atoms with Gasteiger partial charge in [0.2, 0.25) is 11.4 Å². The molecule has 1 aliphatic rings. The Kier molecular flexibility index (Phi) is 3.57. The number of rotatable bonds is 4. The fraction of sp³-hybridized carbons (Fsp3) is 0.636. The van der Waals surface area contributed by atoms with Crippen LogP contribution >= 0.6 is 0 Å². The van der Waals surface area contributed by atoms with Crippen molar-refractivity contribution in [2.45, 2.75) is 38.7 Å². The standard InChI is InChI=1S/C11H16O5/c1-4-6-11(10(14)15-3)7(5-2)8(12)9(13)16-11/h12H,4-6H2,1-3H3. The summed E-state index contributed by atoms with van der Waals surface area (Å²) in [6, 6.07) is 0. The quantitative estimate of drug-likeness (QED) is 0.738. The minimum atomic E-state index is -1.42. The fourth-order valence-corrected chi connectivity index (χ4v) is 2.02. The molecule has 0 bridgehead atoms. The van der Waals surface area contributed by atoms with Crippen LogP contribution in [-0.2, 0) is 19.1 Å². The monoisotopic (exact) mass is 228 g/mol. The van der Waals surface area contributed by atoms with Gasteiger partial charge in [-0.3, -0.25) is 0 Å². The molecule has 0 radical (unpaired) electrons. The maximum atomic E-state index is 11.7. The smallest absolute Gasteiger partial charge is 0.374 e. The molecule has 90 valence electrons. The molecule has 1 unspecified atom stereocenters. The van der Waals surface area contributed by atoms with Crippen molar-refractivity contribution in [3.63, 3.8) is 0 Å². The van der Waals surface area contributed by atoms with Crippen LogP contribution in [0.4, 0.5) is 0 Å². The first-order valence-corrected chi connectivity index (χ1v) is 5.27. The lowest BCUT2D eigenvalue weighted by atomic mass is 9.88. The maximum Gasteiger partial charge on any atom is 0.374 e. The summed E-state index contributed by atoms with van der Waals surface area (Å²) in [6.45, 7) is 3.61. The molecule has 16 heavy (non-hydrogen) atoms. The Labute approximate surface area is 94.0 Å². The van der Waals surface area contributed by atoms with E-state index in [1.807, 2.05) is 6.92 Å². The van der Waals surface area contributed by atoms with E-state index in [1.165, 1.54) is 7.11 Å². The van der Waals surface area contributed by atoms with Crippen LogP contribution in [0.15, 0.2) is 11.3 Å². The van der Waals surface area contributed by atoms with Gasteiger partial charge in [0.05, 0.1) is 7.11 Å². The molecule has 0 spiro atoms. The van der Waals surface area contributed by atoms with Gasteiger partial charge >= 0.3 is 11.9 Å². The van der Waals surface area contributed by atoms with Crippen molar-refractivity contribution in [1.29, 1.82) is 0 Å². The molecule has 0 aliphatic carbocycles. The first-order chi connectivity index (χ1) is 7.53. The lowest BCUT2D eigenvalue weighted by Gasteiger charge is -2.26. The molecule has 1 rings (SSSR count). The van der Waals surface area contributed by atoms with Gasteiger partial charge in [0.25, 0.3) is 0 Å². The Morgan fingerprint density at radius 2 is 2.12 bits per heavy atom. The molecular weight excluding hydrogens is 212 g/mol. The normalized spacial score (nSPS) is 24.6. The van der Waals surface area contributed by atoms with Crippen molar-refractivity contribution in [2.24, 2.45) is 0 Å². The van der Waals surface area contributed by atoms with Crippen molar-refractivity contribution in [1.82, 2.24) is 0 Å². The van der Waals surface area contributed by atoms with Gasteiger partial charge in [0.15, 0.2) is 0 Å². The highest BCUT2D eigenvalue weighted by Gasteiger charge is 2.53. The molecule has 5 heteroatoms. The Balaban J connectivity index is 3.22. The Bertz CT molecular complexity index is 344. The second-order valence-corrected chi connectivity index (χ2v) is 3.64. The first-order valence-electron chi connectivity index (χ1n) is 5.27. The van der Waals surface area contributed by atoms with E-state index in [0.29, 0.717) is 24.8 Å². The molecular formula is C11H16O5. The van der Waals surface area contributed by atoms with E-state index < -0.39 is 23.3 Å². The molecule has 1 heterocycles. The summed E-state index contributed by atoms with van der Waals surface area (Å²) >= 11 is 0. The predicted molar refractivity (Wildman–Crippen MR) is 55.7 cm³/mol. The van der Waals surface area contributed by atoms with Crippen LogP contribution in [0.5, 0.6) is 0 Å². The number of carbonyl (C=O) groups excluding carboxylic acids is 2. The largest absolute Gasteiger partial charge is 0.502 e. The second-order valence-electron chi connectivity index (χ2n) is 3.64. The summed E-state index contributed by atoms with van der Waals surface area (Å²) in [6.07, 6.45) is 1.32. The number of carbonyl (C=O) groups is 2. The van der Waals surface area contributed by atoms with Crippen molar-refractivity contribution < 1.29 is 24.2 Å². The Morgan fingerprint density at radius 1 is 1.50 bits per heavy atom. The van der Waals surface area contributed by atoms with Crippen LogP contribution in [-0.4, -0.2) is 29.8 Å². The van der Waals surface area contributed by atoms with E-state index in [2.05, 4.69) is 4.74 Å². The third-order valence-corrected chi connectivity index (χ3v) is 2.70. The van der Waals surface area contributed by atoms with E-state index in [0.717, 1.165) is 0 Å². The van der Waals surface area contributed by atoms with Gasteiger partial charge in [-0.15, -0.1) is 0 Å². The molecule has 0 aromatic heterocycles. The summed E-state index contributed by atoms with van der Waals surface area (Å²) < 4.78 is 9.68. The number of esters is 2. The molecule has 1 N–H and O–H groups in total. The summed E-state index contributed by atoms with van der Waals surface area (Å²) in [5.74, 6) is -1.94. The van der Waals surface area contributed by atoms with Crippen LogP contribution in [0.1, 0.15) is 33.1 Å². The highest BCUT2D eigenvalue weighted by atomic mass is 16.6. The molecule has 1 atom stereocenters. The Hall–Kier alpha value is -1.52. The fourth-order valence-electron chi connectivity index (χ4n) is 2.02. The number of ether oxygens (including phenoxy) is 2. The number of hydrogen-bond acceptors (Lipinski definition) is 5. The highest BCUT2D eigenvalue weighted by Crippen LogP contribution is 2.38. The lowest BCUT2D eigenvalue weighted by molar-refractivity contribution is -0.171. The zero-order valence-electron chi connectivity index (χ0n) is 9.70. The Morgan fingerprint density at radius 3 is 2.56 bits per heavy atom. The molecule has 0 fully saturated rings. The molecule has 0 saturated carbocycles. The van der Waals surface area contributed by atoms with Gasteiger partial charge in [0.1, 0.15) is 0 Å². The summed E-state index contributed by atoms with van der Waals surface area (Å²) in [7, 11) is 1.23. The van der Waals surface area contributed by atoms with Crippen LogP contribution in [0.25, 0.3) is 0 Å². The van der Waals surface area contributed by atoms with Crippen molar-refractivity contribution >= 4 is 11.9 Å². The van der Waals surface area contributed by atoms with Crippen LogP contribution in [0, 0.1) is 0 Å². The summed E-state index contributed by atoms with van der Waals surface area (Å²) in [5.41, 5.74) is -1.11. The minimum Gasteiger partial charge on any atom is -0.502 e. The highest BCUT2D eigenvalue weighted by molar-refractivity contribution is 5.98. The van der Waals surface area contributed by atoms with Crippen LogP contribution < -0.4 is 0 Å². The van der Waals surface area contributed by atoms with E-state index in [4.69, 9.17) is 4.74 Å². The zero-order chi connectivity index (χ0) is 12.3. The molecule has 5 nitrogen and oxygen atoms in total. The minimum absolute atomic E-state index is 0.311. The van der Waals surface area contributed by atoms with Gasteiger partial charge in [-0.05, 0) is 6.42 Å². The lowest BCUT2D eigenvalue weighted by Crippen LogP contribution is -2.42. The van der Waals surface area contributed by atoms with Gasteiger partial charge in [-0.25, -0.2) is 9.59 Å². The molecule has 1 aliphatic heterocycles. The molecule has 0 amide bonds. The molecule has 0 aromatic rings. The van der Waals surface area contributed by atoms with Crippen molar-refractivity contribution in [3.8, 4) is 0 Å². The van der Waals surface area contributed by atoms with Gasteiger partial charge in [-0.1, -0.05) is 20.3 Å². The molecule has 0 aromatic carbocycles. The van der Waals surface area contributed by atoms with E-state index >= 15 is 0 Å². The third kappa shape index (κ3) is 1.66. The van der Waals surface area contributed by atoms with Gasteiger partial charge < -0.3 is 14.6 Å². The van der Waals surface area contributed by atoms with Crippen LogP contribution in [0.3, 0.4) is 0 Å². The number of methoxy groups -OCH3 is 1. The first kappa shape index (κ1) is 12.5. The average Bonchev–Trinajstić information content (AvgIpc) is 2.51. The molecule has 0 saturated heterocycles. The number of aliphatic hydroxyl groups excluding tert-OH is 1. The van der Waals surface area contributed by atoms with Crippen LogP contribution in [0.2, 0.25) is 0 Å². The van der Waals surface area contributed by atoms with E-state index in [9.17, 15) is 14.7 Å². The average molecular weight is 228 g/mol. The number of cyclic esters (lactones) is 1. The predicted octanol–water partition coefficient (Wildman–Crippen LogP) is 1.48. The summed E-state index contributed by atoms with van der Waals surface area (Å²) in [4.78, 5) is 23.1. The van der Waals surface area contributed by atoms with E-state index in [-0.39, 0.29) is 0 Å². The van der Waals surface area contributed by atoms with Gasteiger partial charge in [-0.2, -0.15) is 0 Å². The number of hydrogen-bond donors (Lipinski definition) is 1.